The average Bonchev–Trinajstić information content (AvgIpc) is 3.45. The number of allylic oxidation sites excluding steroid dienone is 2. The van der Waals surface area contributed by atoms with Crippen molar-refractivity contribution in [3.8, 4) is 11.5 Å². The van der Waals surface area contributed by atoms with Crippen LogP contribution in [0.1, 0.15) is 108 Å². The number of carbonyl (C=O) groups is 4. The first kappa shape index (κ1) is 35.3. The Morgan fingerprint density at radius 1 is 1.00 bits per heavy atom. The van der Waals surface area contributed by atoms with E-state index in [1.807, 2.05) is 23.1 Å². The van der Waals surface area contributed by atoms with Crippen molar-refractivity contribution in [1.29, 1.82) is 0 Å². The predicted molar refractivity (Wildman–Crippen MR) is 181 cm³/mol. The highest BCUT2D eigenvalue weighted by Gasteiger charge is 2.42. The summed E-state index contributed by atoms with van der Waals surface area (Å²) >= 11 is 0. The number of aliphatic carboxylic acids is 1. The van der Waals surface area contributed by atoms with Gasteiger partial charge in [0.1, 0.15) is 5.82 Å². The van der Waals surface area contributed by atoms with E-state index in [0.717, 1.165) is 31.2 Å². The quantitative estimate of drug-likeness (QED) is 0.216. The number of benzene rings is 2. The summed E-state index contributed by atoms with van der Waals surface area (Å²) in [7, 11) is 0. The molecule has 8 nitrogen and oxygen atoms in total. The number of carboxylic acid groups (broad SMARTS) is 1. The summed E-state index contributed by atoms with van der Waals surface area (Å²) < 4.78 is 25.5. The molecule has 2 aromatic rings. The summed E-state index contributed by atoms with van der Waals surface area (Å²) in [6, 6.07) is 10.4. The lowest BCUT2D eigenvalue weighted by atomic mass is 9.74. The smallest absolute Gasteiger partial charge is 0.307 e. The minimum atomic E-state index is -0.913. The first-order valence-corrected chi connectivity index (χ1v) is 17.6. The van der Waals surface area contributed by atoms with Crippen LogP contribution in [0.25, 0.3) is 0 Å². The zero-order chi connectivity index (χ0) is 34.4. The van der Waals surface area contributed by atoms with Crippen LogP contribution in [0.5, 0.6) is 11.5 Å². The molecule has 48 heavy (non-hydrogen) atoms. The monoisotopic (exact) mass is 661 g/mol. The van der Waals surface area contributed by atoms with Crippen molar-refractivity contribution >= 4 is 29.1 Å². The fourth-order valence-electron chi connectivity index (χ4n) is 8.00. The number of hydrogen-bond acceptors (Lipinski definition) is 6. The molecule has 1 fully saturated rings. The van der Waals surface area contributed by atoms with E-state index in [1.165, 1.54) is 12.1 Å². The SMILES string of the molecule is CCCC(CCC)N(C(=O)CC1CCC(CCC2=CC(=O)CCC2=O)[C@H](C(=O)O)[C@@H](c2ccc3c(c2)OCO3)C1)c1ccc(F)c(C)c1. The van der Waals surface area contributed by atoms with Gasteiger partial charge in [0.25, 0.3) is 0 Å². The first-order chi connectivity index (χ1) is 23.1. The van der Waals surface area contributed by atoms with Gasteiger partial charge in [0.05, 0.1) is 5.92 Å². The van der Waals surface area contributed by atoms with Crippen molar-refractivity contribution in [2.24, 2.45) is 17.8 Å². The number of anilines is 1. The van der Waals surface area contributed by atoms with Gasteiger partial charge < -0.3 is 19.5 Å². The Labute approximate surface area is 282 Å². The Morgan fingerprint density at radius 3 is 2.46 bits per heavy atom. The number of hydrogen-bond donors (Lipinski definition) is 1. The molecule has 2 unspecified atom stereocenters. The number of ketones is 2. The number of aryl methyl sites for hydroxylation is 1. The number of rotatable bonds is 13. The average molecular weight is 662 g/mol. The summed E-state index contributed by atoms with van der Waals surface area (Å²) in [6.45, 7) is 6.00. The molecule has 0 spiro atoms. The Kier molecular flexibility index (Phi) is 11.7. The number of nitrogens with zero attached hydrogens (tertiary/aromatic N) is 1. The highest BCUT2D eigenvalue weighted by Crippen LogP contribution is 2.47. The van der Waals surface area contributed by atoms with Gasteiger partial charge >= 0.3 is 5.97 Å². The maximum absolute atomic E-state index is 14.4. The molecule has 258 valence electrons. The largest absolute Gasteiger partial charge is 0.481 e. The molecule has 1 heterocycles. The highest BCUT2D eigenvalue weighted by atomic mass is 19.1. The molecule has 4 atom stereocenters. The number of amides is 1. The maximum atomic E-state index is 14.4. The molecule has 0 radical (unpaired) electrons. The van der Waals surface area contributed by atoms with Crippen LogP contribution >= 0.6 is 0 Å². The van der Waals surface area contributed by atoms with Gasteiger partial charge in [-0.25, -0.2) is 4.39 Å². The van der Waals surface area contributed by atoms with E-state index in [0.29, 0.717) is 60.4 Å². The molecule has 2 aromatic carbocycles. The Morgan fingerprint density at radius 2 is 1.75 bits per heavy atom. The molecule has 9 heteroatoms. The lowest BCUT2D eigenvalue weighted by Gasteiger charge is -2.34. The zero-order valence-corrected chi connectivity index (χ0v) is 28.3. The van der Waals surface area contributed by atoms with Crippen LogP contribution in [0, 0.1) is 30.5 Å². The number of carbonyl (C=O) groups excluding carboxylic acids is 3. The van der Waals surface area contributed by atoms with Gasteiger partial charge in [0, 0.05) is 31.0 Å². The molecule has 1 aliphatic heterocycles. The molecule has 0 aromatic heterocycles. The fourth-order valence-corrected chi connectivity index (χ4v) is 8.00. The molecule has 3 aliphatic rings. The van der Waals surface area contributed by atoms with E-state index >= 15 is 0 Å². The van der Waals surface area contributed by atoms with Crippen molar-refractivity contribution in [3.05, 3.63) is 65.0 Å². The standard InChI is InChI=1S/C39H48FNO7/c1-4-6-29(7-5-2)41(30-13-15-33(40)24(3)18-30)37(44)20-25-8-9-26(10-11-28-21-31(42)14-16-34(28)43)38(39(45)46)32(19-25)27-12-17-35-36(22-27)48-23-47-35/h12-13,15,17-18,21-22,25-26,29,32,38H,4-11,14,16,19-20,23H2,1-3H3,(H,45,46)/t25?,26?,32-,38+/m1/s1. The Balaban J connectivity index is 1.46. The van der Waals surface area contributed by atoms with Gasteiger partial charge in [-0.1, -0.05) is 32.8 Å². The third kappa shape index (κ3) is 8.16. The highest BCUT2D eigenvalue weighted by molar-refractivity contribution is 6.08. The van der Waals surface area contributed by atoms with E-state index in [2.05, 4.69) is 13.8 Å². The van der Waals surface area contributed by atoms with Crippen molar-refractivity contribution in [2.45, 2.75) is 110 Å². The summed E-state index contributed by atoms with van der Waals surface area (Å²) in [5, 5.41) is 10.7. The van der Waals surface area contributed by atoms with E-state index in [4.69, 9.17) is 9.47 Å². The molecule has 1 N–H and O–H groups in total. The normalized spacial score (nSPS) is 22.4. The molecule has 1 saturated carbocycles. The zero-order valence-electron chi connectivity index (χ0n) is 28.3. The van der Waals surface area contributed by atoms with Crippen molar-refractivity contribution in [3.63, 3.8) is 0 Å². The number of carboxylic acids is 1. The molecule has 1 amide bonds. The molecule has 0 bridgehead atoms. The van der Waals surface area contributed by atoms with Crippen LogP contribution < -0.4 is 14.4 Å². The second-order valence-electron chi connectivity index (χ2n) is 13.8. The number of halogens is 1. The summed E-state index contributed by atoms with van der Waals surface area (Å²) in [4.78, 5) is 54.1. The van der Waals surface area contributed by atoms with E-state index < -0.39 is 17.8 Å². The lowest BCUT2D eigenvalue weighted by molar-refractivity contribution is -0.144. The molecular formula is C39H48FNO7. The van der Waals surface area contributed by atoms with Gasteiger partial charge in [0.15, 0.2) is 23.1 Å². The minimum absolute atomic E-state index is 0.0312. The van der Waals surface area contributed by atoms with Gasteiger partial charge in [-0.3, -0.25) is 19.2 Å². The Bertz CT molecular complexity index is 1540. The van der Waals surface area contributed by atoms with Crippen molar-refractivity contribution < 1.29 is 38.1 Å². The van der Waals surface area contributed by atoms with E-state index in [-0.39, 0.29) is 67.2 Å². The molecule has 2 aliphatic carbocycles. The van der Waals surface area contributed by atoms with Gasteiger partial charge in [-0.05, 0) is 123 Å². The van der Waals surface area contributed by atoms with Crippen molar-refractivity contribution in [2.75, 3.05) is 11.7 Å². The fraction of sp³-hybridized carbons (Fsp3) is 0.538. The van der Waals surface area contributed by atoms with Crippen LogP contribution in [-0.4, -0.2) is 41.4 Å². The number of Topliss-reactive ketones (excluding diaryl/α,β-unsaturated/α-hetero) is 1. The Hall–Kier alpha value is -4.01. The predicted octanol–water partition coefficient (Wildman–Crippen LogP) is 8.09. The van der Waals surface area contributed by atoms with E-state index in [9.17, 15) is 28.7 Å². The van der Waals surface area contributed by atoms with Gasteiger partial charge in [-0.2, -0.15) is 0 Å². The summed E-state index contributed by atoms with van der Waals surface area (Å²) in [5.41, 5.74) is 2.47. The van der Waals surface area contributed by atoms with Gasteiger partial charge in [-0.15, -0.1) is 0 Å². The number of fused-ring (bicyclic) bond motifs is 1. The van der Waals surface area contributed by atoms with Gasteiger partial charge in [0.2, 0.25) is 12.7 Å². The minimum Gasteiger partial charge on any atom is -0.481 e. The van der Waals surface area contributed by atoms with Crippen LogP contribution in [0.4, 0.5) is 10.1 Å². The third-order valence-electron chi connectivity index (χ3n) is 10.4. The lowest BCUT2D eigenvalue weighted by Crippen LogP contribution is -2.41. The summed E-state index contributed by atoms with van der Waals surface area (Å²) in [5.74, 6) is -1.75. The van der Waals surface area contributed by atoms with Crippen molar-refractivity contribution in [1.82, 2.24) is 0 Å². The second kappa shape index (κ2) is 15.9. The molecule has 0 saturated heterocycles. The molecular weight excluding hydrogens is 613 g/mol. The van der Waals surface area contributed by atoms with Crippen LogP contribution in [0.2, 0.25) is 0 Å². The first-order valence-electron chi connectivity index (χ1n) is 17.6. The van der Waals surface area contributed by atoms with E-state index in [1.54, 1.807) is 19.1 Å². The third-order valence-corrected chi connectivity index (χ3v) is 10.4. The van der Waals surface area contributed by atoms with Crippen LogP contribution in [0.15, 0.2) is 48.0 Å². The van der Waals surface area contributed by atoms with Crippen LogP contribution in [0.3, 0.4) is 0 Å². The topological polar surface area (TPSA) is 110 Å². The second-order valence-corrected chi connectivity index (χ2v) is 13.8. The maximum Gasteiger partial charge on any atom is 0.307 e. The molecule has 5 rings (SSSR count). The number of ether oxygens (including phenoxy) is 2. The van der Waals surface area contributed by atoms with Crippen LogP contribution in [-0.2, 0) is 19.2 Å². The summed E-state index contributed by atoms with van der Waals surface area (Å²) in [6.07, 6.45) is 8.05.